The number of carbonyl (C=O) groups is 2. The molecule has 0 bridgehead atoms. The molecule has 0 fully saturated rings. The number of hydrazone groups is 1. The van der Waals surface area contributed by atoms with Crippen molar-refractivity contribution in [2.75, 3.05) is 5.32 Å². The molecule has 0 aromatic heterocycles. The number of phenolic OH excluding ortho intramolecular Hbond substituents is 1. The van der Waals surface area contributed by atoms with Crippen LogP contribution in [0.4, 0.5) is 5.69 Å². The lowest BCUT2D eigenvalue weighted by atomic mass is 10.0. The second-order valence-corrected chi connectivity index (χ2v) is 6.86. The van der Waals surface area contributed by atoms with Crippen molar-refractivity contribution in [3.8, 4) is 5.75 Å². The normalized spacial score (nSPS) is 11.0. The highest BCUT2D eigenvalue weighted by molar-refractivity contribution is 6.02. The largest absolute Gasteiger partial charge is 0.507 e. The first-order valence-corrected chi connectivity index (χ1v) is 9.34. The number of nitrogens with zero attached hydrogens (tertiary/aromatic N) is 1. The van der Waals surface area contributed by atoms with Gasteiger partial charge in [0.1, 0.15) is 5.75 Å². The maximum Gasteiger partial charge on any atom is 0.240 e. The number of aryl methyl sites for hydroxylation is 2. The number of benzene rings is 3. The third kappa shape index (κ3) is 5.19. The van der Waals surface area contributed by atoms with Gasteiger partial charge >= 0.3 is 0 Å². The first-order chi connectivity index (χ1) is 13.9. The zero-order valence-corrected chi connectivity index (χ0v) is 16.4. The number of amides is 2. The van der Waals surface area contributed by atoms with Gasteiger partial charge in [0.15, 0.2) is 0 Å². The number of fused-ring (bicyclic) bond motifs is 1. The highest BCUT2D eigenvalue weighted by Gasteiger charge is 2.08. The molecule has 0 heterocycles. The average molecular weight is 389 g/mol. The summed E-state index contributed by atoms with van der Waals surface area (Å²) >= 11 is 0. The number of anilines is 1. The maximum atomic E-state index is 12.0. The minimum Gasteiger partial charge on any atom is -0.507 e. The van der Waals surface area contributed by atoms with Crippen molar-refractivity contribution in [1.29, 1.82) is 0 Å². The van der Waals surface area contributed by atoms with Gasteiger partial charge in [-0.15, -0.1) is 0 Å². The van der Waals surface area contributed by atoms with Crippen LogP contribution in [-0.4, -0.2) is 23.1 Å². The summed E-state index contributed by atoms with van der Waals surface area (Å²) in [6.07, 6.45) is 1.47. The van der Waals surface area contributed by atoms with Crippen molar-refractivity contribution < 1.29 is 14.7 Å². The number of nitrogens with one attached hydrogen (secondary N) is 2. The molecule has 0 unspecified atom stereocenters. The number of rotatable bonds is 6. The van der Waals surface area contributed by atoms with Crippen molar-refractivity contribution in [3.05, 3.63) is 71.3 Å². The Morgan fingerprint density at radius 2 is 1.72 bits per heavy atom. The minimum atomic E-state index is -0.379. The molecule has 3 rings (SSSR count). The van der Waals surface area contributed by atoms with Crippen LogP contribution >= 0.6 is 0 Å². The smallest absolute Gasteiger partial charge is 0.240 e. The van der Waals surface area contributed by atoms with E-state index >= 15 is 0 Å². The molecular weight excluding hydrogens is 366 g/mol. The summed E-state index contributed by atoms with van der Waals surface area (Å²) in [5.74, 6) is -0.537. The molecule has 6 nitrogen and oxygen atoms in total. The number of hydrogen-bond acceptors (Lipinski definition) is 4. The van der Waals surface area contributed by atoms with Crippen molar-refractivity contribution in [2.24, 2.45) is 5.10 Å². The molecule has 148 valence electrons. The van der Waals surface area contributed by atoms with Crippen LogP contribution in [0.3, 0.4) is 0 Å². The molecule has 0 aliphatic carbocycles. The highest BCUT2D eigenvalue weighted by Crippen LogP contribution is 2.25. The Labute approximate surface area is 169 Å². The molecule has 3 aromatic rings. The molecule has 0 aliphatic heterocycles. The molecule has 0 spiro atoms. The summed E-state index contributed by atoms with van der Waals surface area (Å²) in [4.78, 5) is 24.0. The van der Waals surface area contributed by atoms with Crippen LogP contribution < -0.4 is 10.7 Å². The molecule has 0 radical (unpaired) electrons. The fourth-order valence-electron chi connectivity index (χ4n) is 2.91. The van der Waals surface area contributed by atoms with Crippen LogP contribution in [-0.2, 0) is 9.59 Å². The van der Waals surface area contributed by atoms with Crippen molar-refractivity contribution in [3.63, 3.8) is 0 Å². The maximum absolute atomic E-state index is 12.0. The minimum absolute atomic E-state index is 0.00946. The van der Waals surface area contributed by atoms with E-state index in [2.05, 4.69) is 15.8 Å². The van der Waals surface area contributed by atoms with Crippen LogP contribution in [0.25, 0.3) is 10.8 Å². The van der Waals surface area contributed by atoms with E-state index in [9.17, 15) is 14.7 Å². The Balaban J connectivity index is 1.53. The Morgan fingerprint density at radius 1 is 0.966 bits per heavy atom. The Bertz CT molecular complexity index is 1090. The zero-order chi connectivity index (χ0) is 20.8. The van der Waals surface area contributed by atoms with E-state index < -0.39 is 0 Å². The molecule has 0 atom stereocenters. The van der Waals surface area contributed by atoms with E-state index in [4.69, 9.17) is 0 Å². The first-order valence-electron chi connectivity index (χ1n) is 9.34. The van der Waals surface area contributed by atoms with Crippen molar-refractivity contribution in [1.82, 2.24) is 5.43 Å². The summed E-state index contributed by atoms with van der Waals surface area (Å²) in [6.45, 7) is 3.98. The summed E-state index contributed by atoms with van der Waals surface area (Å²) in [7, 11) is 0. The monoisotopic (exact) mass is 389 g/mol. The predicted molar refractivity (Wildman–Crippen MR) is 115 cm³/mol. The van der Waals surface area contributed by atoms with Gasteiger partial charge in [-0.3, -0.25) is 9.59 Å². The van der Waals surface area contributed by atoms with Gasteiger partial charge in [0.25, 0.3) is 0 Å². The molecule has 0 aliphatic rings. The lowest BCUT2D eigenvalue weighted by Crippen LogP contribution is -2.20. The molecule has 29 heavy (non-hydrogen) atoms. The Kier molecular flexibility index (Phi) is 6.24. The van der Waals surface area contributed by atoms with Crippen LogP contribution in [0, 0.1) is 13.8 Å². The predicted octanol–water partition coefficient (Wildman–Crippen LogP) is 4.03. The molecule has 3 aromatic carbocycles. The van der Waals surface area contributed by atoms with E-state index in [1.54, 1.807) is 6.07 Å². The quantitative estimate of drug-likeness (QED) is 0.439. The molecule has 0 saturated carbocycles. The molecule has 3 N–H and O–H groups in total. The van der Waals surface area contributed by atoms with Crippen LogP contribution in [0.2, 0.25) is 0 Å². The van der Waals surface area contributed by atoms with Gasteiger partial charge in [-0.25, -0.2) is 5.43 Å². The van der Waals surface area contributed by atoms with E-state index in [1.165, 1.54) is 6.21 Å². The van der Waals surface area contributed by atoms with Crippen LogP contribution in [0.15, 0.2) is 59.7 Å². The van der Waals surface area contributed by atoms with Crippen molar-refractivity contribution >= 4 is 34.5 Å². The van der Waals surface area contributed by atoms with E-state index in [1.807, 2.05) is 62.4 Å². The molecule has 0 saturated heterocycles. The highest BCUT2D eigenvalue weighted by atomic mass is 16.3. The Hall–Kier alpha value is -3.67. The summed E-state index contributed by atoms with van der Waals surface area (Å²) in [5.41, 5.74) is 5.87. The van der Waals surface area contributed by atoms with Gasteiger partial charge in [0, 0.05) is 24.1 Å². The molecule has 6 heteroatoms. The average Bonchev–Trinajstić information content (AvgIpc) is 2.71. The summed E-state index contributed by atoms with van der Waals surface area (Å²) in [5, 5.41) is 18.6. The third-order valence-electron chi connectivity index (χ3n) is 4.70. The molecule has 2 amide bonds. The van der Waals surface area contributed by atoms with Gasteiger partial charge in [-0.2, -0.15) is 5.10 Å². The van der Waals surface area contributed by atoms with Gasteiger partial charge in [-0.05, 0) is 53.9 Å². The van der Waals surface area contributed by atoms with Crippen LogP contribution in [0.5, 0.6) is 5.75 Å². The second-order valence-electron chi connectivity index (χ2n) is 6.86. The standard InChI is InChI=1S/C23H23N3O3/c1-15-7-9-18(13-16(15)2)25-22(28)11-12-23(29)26-24-14-20-19-6-4-3-5-17(19)8-10-21(20)27/h3-10,13-14,27H,11-12H2,1-2H3,(H,25,28)(H,26,29). The van der Waals surface area contributed by atoms with E-state index in [0.717, 1.165) is 21.9 Å². The third-order valence-corrected chi connectivity index (χ3v) is 4.70. The fraction of sp³-hybridized carbons (Fsp3) is 0.174. The second kappa shape index (κ2) is 9.01. The van der Waals surface area contributed by atoms with E-state index in [-0.39, 0.29) is 30.4 Å². The number of phenols is 1. The van der Waals surface area contributed by atoms with Crippen LogP contribution in [0.1, 0.15) is 29.5 Å². The van der Waals surface area contributed by atoms with Gasteiger partial charge in [-0.1, -0.05) is 36.4 Å². The lowest BCUT2D eigenvalue weighted by Gasteiger charge is -2.07. The molecular formula is C23H23N3O3. The topological polar surface area (TPSA) is 90.8 Å². The number of hydrogen-bond donors (Lipinski definition) is 3. The summed E-state index contributed by atoms with van der Waals surface area (Å²) in [6, 6.07) is 16.6. The first kappa shape index (κ1) is 20.1. The lowest BCUT2D eigenvalue weighted by molar-refractivity contribution is -0.124. The summed E-state index contributed by atoms with van der Waals surface area (Å²) < 4.78 is 0. The van der Waals surface area contributed by atoms with Crippen molar-refractivity contribution in [2.45, 2.75) is 26.7 Å². The fourth-order valence-corrected chi connectivity index (χ4v) is 2.91. The van der Waals surface area contributed by atoms with Gasteiger partial charge < -0.3 is 10.4 Å². The van der Waals surface area contributed by atoms with E-state index in [0.29, 0.717) is 11.3 Å². The zero-order valence-electron chi connectivity index (χ0n) is 16.4. The SMILES string of the molecule is Cc1ccc(NC(=O)CCC(=O)NN=Cc2c(O)ccc3ccccc23)cc1C. The number of carbonyl (C=O) groups excluding carboxylic acids is 2. The van der Waals surface area contributed by atoms with Gasteiger partial charge in [0.2, 0.25) is 11.8 Å². The Morgan fingerprint density at radius 3 is 2.52 bits per heavy atom. The number of aromatic hydroxyl groups is 1. The van der Waals surface area contributed by atoms with Gasteiger partial charge in [0.05, 0.1) is 6.21 Å².